The lowest BCUT2D eigenvalue weighted by molar-refractivity contribution is -0.141. The van der Waals surface area contributed by atoms with E-state index < -0.39 is 23.6 Å². The summed E-state index contributed by atoms with van der Waals surface area (Å²) in [5.41, 5.74) is -0.582. The van der Waals surface area contributed by atoms with Gasteiger partial charge in [0.1, 0.15) is 5.60 Å². The van der Waals surface area contributed by atoms with E-state index in [0.29, 0.717) is 6.42 Å². The highest BCUT2D eigenvalue weighted by Gasteiger charge is 2.20. The second kappa shape index (κ2) is 6.15. The van der Waals surface area contributed by atoms with Crippen LogP contribution in [0.4, 0.5) is 4.79 Å². The molecule has 1 amide bonds. The molecule has 0 saturated carbocycles. The summed E-state index contributed by atoms with van der Waals surface area (Å²) in [5, 5.41) is 11.2. The maximum atomic E-state index is 11.2. The summed E-state index contributed by atoms with van der Waals surface area (Å²) in [6, 6.07) is 0. The van der Waals surface area contributed by atoms with Gasteiger partial charge in [-0.1, -0.05) is 6.08 Å². The number of allylic oxidation sites excluding steroid dienone is 1. The number of aliphatic carboxylic acids is 1. The van der Waals surface area contributed by atoms with Crippen LogP contribution in [0.15, 0.2) is 12.7 Å². The fraction of sp³-hybridized carbons (Fsp3) is 0.636. The van der Waals surface area contributed by atoms with Gasteiger partial charge in [0.05, 0.1) is 5.92 Å². The van der Waals surface area contributed by atoms with Crippen molar-refractivity contribution in [1.29, 1.82) is 0 Å². The summed E-state index contributed by atoms with van der Waals surface area (Å²) in [6.07, 6.45) is 1.21. The minimum atomic E-state index is -0.962. The van der Waals surface area contributed by atoms with Gasteiger partial charge >= 0.3 is 12.1 Å². The van der Waals surface area contributed by atoms with Gasteiger partial charge < -0.3 is 15.2 Å². The molecule has 5 nitrogen and oxygen atoms in total. The zero-order valence-corrected chi connectivity index (χ0v) is 9.95. The summed E-state index contributed by atoms with van der Waals surface area (Å²) in [6.45, 7) is 8.72. The average molecular weight is 229 g/mol. The predicted octanol–water partition coefficient (Wildman–Crippen LogP) is 1.79. The van der Waals surface area contributed by atoms with Gasteiger partial charge in [0.15, 0.2) is 0 Å². The molecule has 0 saturated heterocycles. The largest absolute Gasteiger partial charge is 0.481 e. The second-order valence-electron chi connectivity index (χ2n) is 4.44. The van der Waals surface area contributed by atoms with Crippen LogP contribution in [0.25, 0.3) is 0 Å². The summed E-state index contributed by atoms with van der Waals surface area (Å²) in [7, 11) is 0. The molecule has 0 aromatic rings. The maximum Gasteiger partial charge on any atom is 0.407 e. The lowest BCUT2D eigenvalue weighted by atomic mass is 10.1. The van der Waals surface area contributed by atoms with E-state index in [0.717, 1.165) is 0 Å². The Morgan fingerprint density at radius 3 is 2.44 bits per heavy atom. The van der Waals surface area contributed by atoms with Crippen molar-refractivity contribution in [3.63, 3.8) is 0 Å². The Labute approximate surface area is 95.5 Å². The first kappa shape index (κ1) is 14.5. The van der Waals surface area contributed by atoms with E-state index in [1.165, 1.54) is 6.08 Å². The van der Waals surface area contributed by atoms with E-state index in [9.17, 15) is 9.59 Å². The van der Waals surface area contributed by atoms with Crippen LogP contribution in [-0.2, 0) is 9.53 Å². The van der Waals surface area contributed by atoms with Crippen molar-refractivity contribution in [3.8, 4) is 0 Å². The van der Waals surface area contributed by atoms with Crippen LogP contribution in [0.5, 0.6) is 0 Å². The molecular weight excluding hydrogens is 210 g/mol. The van der Waals surface area contributed by atoms with Gasteiger partial charge in [-0.15, -0.1) is 6.58 Å². The Morgan fingerprint density at radius 2 is 2.06 bits per heavy atom. The Hall–Kier alpha value is -1.52. The first-order valence-electron chi connectivity index (χ1n) is 5.07. The number of ether oxygens (including phenoxy) is 1. The molecule has 0 radical (unpaired) electrons. The molecule has 5 heteroatoms. The molecule has 1 atom stereocenters. The van der Waals surface area contributed by atoms with Gasteiger partial charge in [0.2, 0.25) is 0 Å². The molecule has 16 heavy (non-hydrogen) atoms. The minimum Gasteiger partial charge on any atom is -0.481 e. The topological polar surface area (TPSA) is 75.6 Å². The van der Waals surface area contributed by atoms with Gasteiger partial charge in [-0.3, -0.25) is 4.79 Å². The van der Waals surface area contributed by atoms with Crippen molar-refractivity contribution in [2.24, 2.45) is 5.92 Å². The molecule has 0 rings (SSSR count). The van der Waals surface area contributed by atoms with Gasteiger partial charge in [-0.25, -0.2) is 4.79 Å². The summed E-state index contributed by atoms with van der Waals surface area (Å²) < 4.78 is 4.98. The molecule has 0 aliphatic carbocycles. The number of nitrogens with one attached hydrogen (secondary N) is 1. The summed E-state index contributed by atoms with van der Waals surface area (Å²) in [4.78, 5) is 22.0. The number of carboxylic acids is 1. The van der Waals surface area contributed by atoms with Crippen LogP contribution in [-0.4, -0.2) is 29.3 Å². The highest BCUT2D eigenvalue weighted by Crippen LogP contribution is 2.07. The second-order valence-corrected chi connectivity index (χ2v) is 4.44. The molecule has 92 valence electrons. The van der Waals surface area contributed by atoms with Crippen molar-refractivity contribution in [2.75, 3.05) is 6.54 Å². The summed E-state index contributed by atoms with van der Waals surface area (Å²) in [5.74, 6) is -1.62. The van der Waals surface area contributed by atoms with E-state index in [4.69, 9.17) is 9.84 Å². The van der Waals surface area contributed by atoms with Crippen molar-refractivity contribution in [3.05, 3.63) is 12.7 Å². The van der Waals surface area contributed by atoms with Crippen LogP contribution in [0, 0.1) is 5.92 Å². The van der Waals surface area contributed by atoms with Crippen molar-refractivity contribution in [1.82, 2.24) is 5.32 Å². The Morgan fingerprint density at radius 1 is 1.50 bits per heavy atom. The molecule has 0 aliphatic rings. The first-order valence-corrected chi connectivity index (χ1v) is 5.07. The van der Waals surface area contributed by atoms with Gasteiger partial charge in [-0.05, 0) is 27.2 Å². The van der Waals surface area contributed by atoms with Gasteiger partial charge in [0.25, 0.3) is 0 Å². The van der Waals surface area contributed by atoms with Crippen LogP contribution < -0.4 is 5.32 Å². The number of carboxylic acid groups (broad SMARTS) is 1. The van der Waals surface area contributed by atoms with E-state index >= 15 is 0 Å². The van der Waals surface area contributed by atoms with Crippen LogP contribution >= 0.6 is 0 Å². The molecule has 0 aliphatic heterocycles. The number of hydrogen-bond donors (Lipinski definition) is 2. The third-order valence-electron chi connectivity index (χ3n) is 1.69. The highest BCUT2D eigenvalue weighted by atomic mass is 16.6. The number of carbonyl (C=O) groups excluding carboxylic acids is 1. The third-order valence-corrected chi connectivity index (χ3v) is 1.69. The van der Waals surface area contributed by atoms with Crippen LogP contribution in [0.3, 0.4) is 0 Å². The lowest BCUT2D eigenvalue weighted by Crippen LogP contribution is -2.37. The molecule has 0 bridgehead atoms. The third kappa shape index (κ3) is 6.86. The monoisotopic (exact) mass is 229 g/mol. The molecule has 2 N–H and O–H groups in total. The normalized spacial score (nSPS) is 12.7. The zero-order chi connectivity index (χ0) is 12.8. The smallest absolute Gasteiger partial charge is 0.407 e. The van der Waals surface area contributed by atoms with E-state index in [-0.39, 0.29) is 6.54 Å². The highest BCUT2D eigenvalue weighted by molar-refractivity contribution is 5.72. The standard InChI is InChI=1S/C11H19NO4/c1-5-6-8(9(13)14)7-12-10(15)16-11(2,3)4/h5,8H,1,6-7H2,2-4H3,(H,12,15)(H,13,14)/t8-/m1/s1. The van der Waals surface area contributed by atoms with Gasteiger partial charge in [-0.2, -0.15) is 0 Å². The maximum absolute atomic E-state index is 11.2. The summed E-state index contributed by atoms with van der Waals surface area (Å²) >= 11 is 0. The predicted molar refractivity (Wildman–Crippen MR) is 60.2 cm³/mol. The molecule has 0 spiro atoms. The quantitative estimate of drug-likeness (QED) is 0.705. The van der Waals surface area contributed by atoms with E-state index in [2.05, 4.69) is 11.9 Å². The number of alkyl carbamates (subject to hydrolysis) is 1. The number of rotatable bonds is 5. The SMILES string of the molecule is C=CC[C@H](CNC(=O)OC(C)(C)C)C(=O)O. The first-order chi connectivity index (χ1) is 7.26. The number of amides is 1. The van der Waals surface area contributed by atoms with Gasteiger partial charge in [0, 0.05) is 6.54 Å². The van der Waals surface area contributed by atoms with Crippen molar-refractivity contribution >= 4 is 12.1 Å². The Balaban J connectivity index is 4.06. The Kier molecular flexibility index (Phi) is 5.56. The fourth-order valence-corrected chi connectivity index (χ4v) is 0.993. The molecule has 0 aromatic heterocycles. The Bertz CT molecular complexity index is 268. The number of carbonyl (C=O) groups is 2. The van der Waals surface area contributed by atoms with Crippen LogP contribution in [0.1, 0.15) is 27.2 Å². The zero-order valence-electron chi connectivity index (χ0n) is 9.95. The fourth-order valence-electron chi connectivity index (χ4n) is 0.993. The molecule has 0 heterocycles. The van der Waals surface area contributed by atoms with Crippen LogP contribution in [0.2, 0.25) is 0 Å². The van der Waals surface area contributed by atoms with E-state index in [1.54, 1.807) is 20.8 Å². The average Bonchev–Trinajstić information content (AvgIpc) is 2.08. The van der Waals surface area contributed by atoms with E-state index in [1.807, 2.05) is 0 Å². The minimum absolute atomic E-state index is 0.0380. The lowest BCUT2D eigenvalue weighted by Gasteiger charge is -2.20. The molecule has 0 unspecified atom stereocenters. The molecule has 0 fully saturated rings. The van der Waals surface area contributed by atoms with Crippen molar-refractivity contribution in [2.45, 2.75) is 32.8 Å². The number of hydrogen-bond acceptors (Lipinski definition) is 3. The molecule has 0 aromatic carbocycles. The van der Waals surface area contributed by atoms with Crippen molar-refractivity contribution < 1.29 is 19.4 Å². The molecular formula is C11H19NO4.